The lowest BCUT2D eigenvalue weighted by molar-refractivity contribution is -0.136. The fourth-order valence-corrected chi connectivity index (χ4v) is 1.67. The highest BCUT2D eigenvalue weighted by Crippen LogP contribution is 2.31. The number of carbonyl (C=O) groups excluding carboxylic acids is 1. The van der Waals surface area contributed by atoms with Gasteiger partial charge in [-0.15, -0.1) is 0 Å². The summed E-state index contributed by atoms with van der Waals surface area (Å²) in [7, 11) is -1.40. The summed E-state index contributed by atoms with van der Waals surface area (Å²) < 4.78 is 42.4. The number of rotatable bonds is 2. The lowest BCUT2D eigenvalue weighted by Gasteiger charge is -2.15. The third-order valence-electron chi connectivity index (χ3n) is 2.11. The van der Waals surface area contributed by atoms with Gasteiger partial charge < -0.3 is 14.8 Å². The molecule has 0 aliphatic rings. The number of hydrogen-bond donors (Lipinski definition) is 2. The minimum Gasteiger partial charge on any atom is -0.465 e. The summed E-state index contributed by atoms with van der Waals surface area (Å²) in [5.41, 5.74) is -2.73. The van der Waals surface area contributed by atoms with Crippen LogP contribution >= 0.6 is 11.6 Å². The van der Waals surface area contributed by atoms with Crippen LogP contribution in [0, 0.1) is 0 Å². The number of halogens is 4. The summed E-state index contributed by atoms with van der Waals surface area (Å²) in [5, 5.41) is 17.2. The van der Waals surface area contributed by atoms with Gasteiger partial charge >= 0.3 is 19.3 Å². The van der Waals surface area contributed by atoms with Gasteiger partial charge in [-0.2, -0.15) is 13.2 Å². The Balaban J connectivity index is 3.52. The quantitative estimate of drug-likeness (QED) is 0.623. The monoisotopic (exact) mass is 282 g/mol. The van der Waals surface area contributed by atoms with Gasteiger partial charge in [0.05, 0.1) is 18.2 Å². The van der Waals surface area contributed by atoms with Crippen molar-refractivity contribution in [2.75, 3.05) is 7.11 Å². The van der Waals surface area contributed by atoms with E-state index in [4.69, 9.17) is 21.6 Å². The van der Waals surface area contributed by atoms with E-state index in [0.29, 0.717) is 6.07 Å². The van der Waals surface area contributed by atoms with Crippen molar-refractivity contribution >= 4 is 30.2 Å². The molecular weight excluding hydrogens is 275 g/mol. The number of alkyl halides is 3. The Kier molecular flexibility index (Phi) is 4.26. The molecule has 0 saturated carbocycles. The maximum atomic E-state index is 12.7. The lowest BCUT2D eigenvalue weighted by atomic mass is 9.76. The van der Waals surface area contributed by atoms with Gasteiger partial charge in [0, 0.05) is 10.5 Å². The van der Waals surface area contributed by atoms with E-state index < -0.39 is 40.9 Å². The predicted octanol–water partition coefficient (Wildman–Crippen LogP) is 0.825. The molecule has 9 heteroatoms. The second kappa shape index (κ2) is 5.17. The molecule has 0 atom stereocenters. The Labute approximate surface area is 105 Å². The van der Waals surface area contributed by atoms with Crippen molar-refractivity contribution in [3.63, 3.8) is 0 Å². The van der Waals surface area contributed by atoms with Gasteiger partial charge in [0.25, 0.3) is 0 Å². The molecule has 0 aliphatic carbocycles. The molecule has 0 radical (unpaired) electrons. The standard InChI is InChI=1S/C9H7BClF3O4/c1-18-8(15)4-2-5(9(12,13)14)7(10(16)17)6(11)3-4/h2-3,16-17H,1H3. The van der Waals surface area contributed by atoms with Crippen molar-refractivity contribution < 1.29 is 32.8 Å². The SMILES string of the molecule is COC(=O)c1cc(Cl)c(B(O)O)c(C(F)(F)F)c1. The number of esters is 1. The molecule has 0 heterocycles. The van der Waals surface area contributed by atoms with Crippen molar-refractivity contribution in [3.05, 3.63) is 28.3 Å². The van der Waals surface area contributed by atoms with E-state index in [9.17, 15) is 18.0 Å². The smallest absolute Gasteiger partial charge is 0.465 e. The Morgan fingerprint density at radius 1 is 1.39 bits per heavy atom. The minimum absolute atomic E-state index is 0.431. The van der Waals surface area contributed by atoms with Crippen LogP contribution < -0.4 is 5.46 Å². The number of hydrogen-bond acceptors (Lipinski definition) is 4. The van der Waals surface area contributed by atoms with E-state index in [0.717, 1.165) is 13.2 Å². The van der Waals surface area contributed by atoms with Gasteiger partial charge in [0.2, 0.25) is 0 Å². The Bertz CT molecular complexity index is 476. The third kappa shape index (κ3) is 2.95. The molecule has 0 aromatic heterocycles. The lowest BCUT2D eigenvalue weighted by Crippen LogP contribution is -2.37. The van der Waals surface area contributed by atoms with Crippen molar-refractivity contribution in [2.24, 2.45) is 0 Å². The summed E-state index contributed by atoms with van der Waals surface area (Å²) >= 11 is 5.51. The third-order valence-corrected chi connectivity index (χ3v) is 2.43. The second-order valence-electron chi connectivity index (χ2n) is 3.28. The average molecular weight is 282 g/mol. The molecule has 0 unspecified atom stereocenters. The first kappa shape index (κ1) is 14.8. The second-order valence-corrected chi connectivity index (χ2v) is 3.69. The summed E-state index contributed by atoms with van der Waals surface area (Å²) in [6.07, 6.45) is -4.88. The van der Waals surface area contributed by atoms with Crippen LogP contribution in [0.1, 0.15) is 15.9 Å². The molecule has 1 aromatic carbocycles. The molecular formula is C9H7BClF3O4. The van der Waals surface area contributed by atoms with E-state index >= 15 is 0 Å². The first-order valence-electron chi connectivity index (χ1n) is 4.53. The Morgan fingerprint density at radius 2 is 1.94 bits per heavy atom. The zero-order valence-corrected chi connectivity index (χ0v) is 9.71. The van der Waals surface area contributed by atoms with Crippen LogP contribution in [0.3, 0.4) is 0 Å². The molecule has 4 nitrogen and oxygen atoms in total. The highest BCUT2D eigenvalue weighted by Gasteiger charge is 2.38. The molecule has 2 N–H and O–H groups in total. The molecule has 0 amide bonds. The fraction of sp³-hybridized carbons (Fsp3) is 0.222. The highest BCUT2D eigenvalue weighted by atomic mass is 35.5. The number of ether oxygens (including phenoxy) is 1. The van der Waals surface area contributed by atoms with Gasteiger partial charge in [-0.3, -0.25) is 0 Å². The van der Waals surface area contributed by atoms with Gasteiger partial charge in [-0.25, -0.2) is 4.79 Å². The number of benzene rings is 1. The van der Waals surface area contributed by atoms with Crippen molar-refractivity contribution in [1.29, 1.82) is 0 Å². The van der Waals surface area contributed by atoms with E-state index in [2.05, 4.69) is 4.74 Å². The normalized spacial score (nSPS) is 11.3. The Morgan fingerprint density at radius 3 is 2.33 bits per heavy atom. The molecule has 1 rings (SSSR count). The van der Waals surface area contributed by atoms with Crippen molar-refractivity contribution in [1.82, 2.24) is 0 Å². The number of methoxy groups -OCH3 is 1. The molecule has 0 aliphatic heterocycles. The molecule has 0 fully saturated rings. The van der Waals surface area contributed by atoms with Crippen LogP contribution in [-0.2, 0) is 10.9 Å². The van der Waals surface area contributed by atoms with E-state index in [1.807, 2.05) is 0 Å². The zero-order chi connectivity index (χ0) is 14.1. The topological polar surface area (TPSA) is 66.8 Å². The molecule has 18 heavy (non-hydrogen) atoms. The maximum Gasteiger partial charge on any atom is 0.490 e. The molecule has 0 spiro atoms. The molecule has 0 saturated heterocycles. The largest absolute Gasteiger partial charge is 0.490 e. The first-order chi connectivity index (χ1) is 8.18. The van der Waals surface area contributed by atoms with Crippen LogP contribution in [0.2, 0.25) is 5.02 Å². The van der Waals surface area contributed by atoms with Crippen LogP contribution in [-0.4, -0.2) is 30.2 Å². The fourth-order valence-electron chi connectivity index (χ4n) is 1.35. The average Bonchev–Trinajstić information content (AvgIpc) is 2.25. The highest BCUT2D eigenvalue weighted by molar-refractivity contribution is 6.63. The van der Waals surface area contributed by atoms with Crippen LogP contribution in [0.15, 0.2) is 12.1 Å². The van der Waals surface area contributed by atoms with Gasteiger partial charge in [0.15, 0.2) is 0 Å². The molecule has 1 aromatic rings. The van der Waals surface area contributed by atoms with Crippen molar-refractivity contribution in [3.8, 4) is 0 Å². The first-order valence-corrected chi connectivity index (χ1v) is 4.91. The van der Waals surface area contributed by atoms with Gasteiger partial charge in [-0.1, -0.05) is 11.6 Å². The summed E-state index contributed by atoms with van der Waals surface area (Å²) in [4.78, 5) is 11.2. The van der Waals surface area contributed by atoms with Crippen molar-refractivity contribution in [2.45, 2.75) is 6.18 Å². The zero-order valence-electron chi connectivity index (χ0n) is 8.95. The van der Waals surface area contributed by atoms with Gasteiger partial charge in [0.1, 0.15) is 0 Å². The van der Waals surface area contributed by atoms with E-state index in [-0.39, 0.29) is 0 Å². The van der Waals surface area contributed by atoms with Crippen LogP contribution in [0.4, 0.5) is 13.2 Å². The summed E-state index contributed by atoms with van der Waals surface area (Å²) in [6.45, 7) is 0. The van der Waals surface area contributed by atoms with E-state index in [1.54, 1.807) is 0 Å². The molecule has 0 bridgehead atoms. The number of carbonyl (C=O) groups is 1. The minimum atomic E-state index is -4.88. The predicted molar refractivity (Wildman–Crippen MR) is 57.6 cm³/mol. The van der Waals surface area contributed by atoms with Crippen LogP contribution in [0.5, 0.6) is 0 Å². The van der Waals surface area contributed by atoms with E-state index in [1.165, 1.54) is 0 Å². The Hall–Kier alpha value is -1.25. The summed E-state index contributed by atoms with van der Waals surface area (Å²) in [5.74, 6) is -1.01. The summed E-state index contributed by atoms with van der Waals surface area (Å²) in [6, 6.07) is 1.32. The maximum absolute atomic E-state index is 12.7. The van der Waals surface area contributed by atoms with Crippen LogP contribution in [0.25, 0.3) is 0 Å². The van der Waals surface area contributed by atoms with Gasteiger partial charge in [-0.05, 0) is 12.1 Å². The molecule has 98 valence electrons.